The predicted molar refractivity (Wildman–Crippen MR) is 52.0 cm³/mol. The minimum absolute atomic E-state index is 0.854. The van der Waals surface area contributed by atoms with Crippen molar-refractivity contribution in [2.45, 2.75) is 6.92 Å². The summed E-state index contributed by atoms with van der Waals surface area (Å²) in [6.45, 7) is 2.05. The van der Waals surface area contributed by atoms with Crippen molar-refractivity contribution in [2.75, 3.05) is 0 Å². The van der Waals surface area contributed by atoms with Gasteiger partial charge in [0.15, 0.2) is 0 Å². The van der Waals surface area contributed by atoms with Gasteiger partial charge in [-0.25, -0.2) is 9.97 Å². The number of hydrogen-bond acceptors (Lipinski definition) is 2. The van der Waals surface area contributed by atoms with Crippen LogP contribution in [0.1, 0.15) is 5.56 Å². The van der Waals surface area contributed by atoms with Crippen LogP contribution in [0.5, 0.6) is 0 Å². The Bertz CT molecular complexity index is 426. The molecule has 2 nitrogen and oxygen atoms in total. The van der Waals surface area contributed by atoms with E-state index < -0.39 is 0 Å². The van der Waals surface area contributed by atoms with Crippen LogP contribution in [-0.4, -0.2) is 9.97 Å². The smallest absolute Gasteiger partial charge is 0.117 e. The van der Waals surface area contributed by atoms with Gasteiger partial charge in [-0.15, -0.1) is 0 Å². The predicted octanol–water partition coefficient (Wildman–Crippen LogP) is 2.70. The second kappa shape index (κ2) is 2.83. The maximum Gasteiger partial charge on any atom is 0.117 e. The van der Waals surface area contributed by atoms with E-state index in [1.165, 1.54) is 5.56 Å². The molecule has 0 saturated heterocycles. The molecule has 0 saturated carbocycles. The maximum absolute atomic E-state index is 4.16. The highest BCUT2D eigenvalue weighted by molar-refractivity contribution is 9.10. The minimum atomic E-state index is 0.854. The zero-order chi connectivity index (χ0) is 8.55. The molecule has 0 unspecified atom stereocenters. The number of nitrogens with zero attached hydrogens (tertiary/aromatic N) is 2. The fourth-order valence-corrected chi connectivity index (χ4v) is 1.56. The van der Waals surface area contributed by atoms with Crippen molar-refractivity contribution in [3.05, 3.63) is 34.7 Å². The van der Waals surface area contributed by atoms with Crippen LogP contribution in [0, 0.1) is 6.92 Å². The Labute approximate surface area is 78.8 Å². The van der Waals surface area contributed by atoms with Crippen molar-refractivity contribution in [1.82, 2.24) is 9.97 Å². The molecule has 3 heteroatoms. The topological polar surface area (TPSA) is 25.8 Å². The van der Waals surface area contributed by atoms with E-state index in [1.54, 1.807) is 6.33 Å². The Hall–Kier alpha value is -0.960. The van der Waals surface area contributed by atoms with Gasteiger partial charge >= 0.3 is 0 Å². The number of halogens is 1. The van der Waals surface area contributed by atoms with Crippen LogP contribution < -0.4 is 0 Å². The summed E-state index contributed by atoms with van der Waals surface area (Å²) >= 11 is 3.37. The number of benzene rings is 1. The van der Waals surface area contributed by atoms with Crippen molar-refractivity contribution in [1.29, 1.82) is 0 Å². The molecule has 2 aromatic rings. The molecule has 0 aliphatic heterocycles. The number of rotatable bonds is 0. The van der Waals surface area contributed by atoms with E-state index in [0.29, 0.717) is 0 Å². The van der Waals surface area contributed by atoms with Crippen molar-refractivity contribution in [3.63, 3.8) is 0 Å². The molecule has 0 aliphatic rings. The second-order valence-corrected chi connectivity index (χ2v) is 3.44. The summed E-state index contributed by atoms with van der Waals surface area (Å²) in [4.78, 5) is 8.20. The van der Waals surface area contributed by atoms with Crippen LogP contribution in [0.2, 0.25) is 0 Å². The van der Waals surface area contributed by atoms with Crippen molar-refractivity contribution < 1.29 is 0 Å². The first-order valence-electron chi connectivity index (χ1n) is 3.64. The van der Waals surface area contributed by atoms with E-state index in [2.05, 4.69) is 38.9 Å². The second-order valence-electron chi connectivity index (χ2n) is 2.69. The summed E-state index contributed by atoms with van der Waals surface area (Å²) in [5.74, 6) is 0. The third-order valence-corrected chi connectivity index (χ3v) is 2.38. The number of aryl methyl sites for hydroxylation is 1. The van der Waals surface area contributed by atoms with E-state index >= 15 is 0 Å². The Kier molecular flexibility index (Phi) is 1.81. The molecule has 60 valence electrons. The van der Waals surface area contributed by atoms with Crippen molar-refractivity contribution in [2.24, 2.45) is 0 Å². The zero-order valence-corrected chi connectivity index (χ0v) is 8.17. The lowest BCUT2D eigenvalue weighted by atomic mass is 10.2. The largest absolute Gasteiger partial charge is 0.236 e. The molecule has 0 fully saturated rings. The van der Waals surface area contributed by atoms with Gasteiger partial charge in [0.05, 0.1) is 5.52 Å². The molecule has 2 rings (SSSR count). The third kappa shape index (κ3) is 1.20. The highest BCUT2D eigenvalue weighted by Gasteiger charge is 1.98. The van der Waals surface area contributed by atoms with Crippen LogP contribution in [0.15, 0.2) is 29.1 Å². The standard InChI is InChI=1S/C9H7BrN2/c1-6-2-3-7-8(4-6)11-5-12-9(7)10/h2-5H,1H3. The van der Waals surface area contributed by atoms with E-state index in [1.807, 2.05) is 12.1 Å². The van der Waals surface area contributed by atoms with Crippen LogP contribution >= 0.6 is 15.9 Å². The number of aromatic nitrogens is 2. The zero-order valence-electron chi connectivity index (χ0n) is 6.58. The van der Waals surface area contributed by atoms with Gasteiger partial charge in [0.2, 0.25) is 0 Å². The van der Waals surface area contributed by atoms with E-state index in [4.69, 9.17) is 0 Å². The van der Waals surface area contributed by atoms with Gasteiger partial charge in [-0.05, 0) is 40.5 Å². The van der Waals surface area contributed by atoms with Gasteiger partial charge in [0, 0.05) is 5.39 Å². The Morgan fingerprint density at radius 3 is 2.92 bits per heavy atom. The average molecular weight is 223 g/mol. The molecule has 1 heterocycles. The molecule has 1 aromatic heterocycles. The molecule has 0 atom stereocenters. The summed E-state index contributed by atoms with van der Waals surface area (Å²) in [6.07, 6.45) is 1.56. The van der Waals surface area contributed by atoms with Crippen molar-refractivity contribution >= 4 is 26.8 Å². The summed E-state index contributed by atoms with van der Waals surface area (Å²) in [7, 11) is 0. The van der Waals surface area contributed by atoms with E-state index in [9.17, 15) is 0 Å². The van der Waals surface area contributed by atoms with Crippen LogP contribution in [-0.2, 0) is 0 Å². The maximum atomic E-state index is 4.16. The lowest BCUT2D eigenvalue weighted by Gasteiger charge is -1.98. The molecule has 0 N–H and O–H groups in total. The average Bonchev–Trinajstić information content (AvgIpc) is 2.04. The summed E-state index contributed by atoms with van der Waals surface area (Å²) in [5.41, 5.74) is 2.20. The minimum Gasteiger partial charge on any atom is -0.236 e. The summed E-state index contributed by atoms with van der Waals surface area (Å²) in [5, 5.41) is 1.06. The molecular formula is C9H7BrN2. The van der Waals surface area contributed by atoms with Gasteiger partial charge in [-0.2, -0.15) is 0 Å². The van der Waals surface area contributed by atoms with E-state index in [-0.39, 0.29) is 0 Å². The van der Waals surface area contributed by atoms with Gasteiger partial charge in [0.25, 0.3) is 0 Å². The molecule has 0 amide bonds. The van der Waals surface area contributed by atoms with Gasteiger partial charge in [0.1, 0.15) is 10.9 Å². The molecule has 0 radical (unpaired) electrons. The first kappa shape index (κ1) is 7.68. The third-order valence-electron chi connectivity index (χ3n) is 1.74. The fraction of sp³-hybridized carbons (Fsp3) is 0.111. The SMILES string of the molecule is Cc1ccc2c(Br)ncnc2c1. The quantitative estimate of drug-likeness (QED) is 0.641. The normalized spacial score (nSPS) is 10.5. The number of fused-ring (bicyclic) bond motifs is 1. The fourth-order valence-electron chi connectivity index (χ4n) is 1.13. The highest BCUT2D eigenvalue weighted by Crippen LogP contribution is 2.19. The Morgan fingerprint density at radius 2 is 2.08 bits per heavy atom. The monoisotopic (exact) mass is 222 g/mol. The molecule has 12 heavy (non-hydrogen) atoms. The lowest BCUT2D eigenvalue weighted by Crippen LogP contribution is -1.84. The van der Waals surface area contributed by atoms with Gasteiger partial charge < -0.3 is 0 Å². The molecule has 0 aliphatic carbocycles. The van der Waals surface area contributed by atoms with Gasteiger partial charge in [-0.3, -0.25) is 0 Å². The first-order valence-corrected chi connectivity index (χ1v) is 4.43. The molecule has 0 bridgehead atoms. The molecule has 0 spiro atoms. The molecular weight excluding hydrogens is 216 g/mol. The van der Waals surface area contributed by atoms with Crippen LogP contribution in [0.25, 0.3) is 10.9 Å². The van der Waals surface area contributed by atoms with Crippen LogP contribution in [0.4, 0.5) is 0 Å². The van der Waals surface area contributed by atoms with Gasteiger partial charge in [-0.1, -0.05) is 6.07 Å². The first-order chi connectivity index (χ1) is 5.77. The highest BCUT2D eigenvalue weighted by atomic mass is 79.9. The number of hydrogen-bond donors (Lipinski definition) is 0. The Balaban J connectivity index is 2.86. The summed E-state index contributed by atoms with van der Waals surface area (Å²) in [6, 6.07) is 6.12. The van der Waals surface area contributed by atoms with Crippen molar-refractivity contribution in [3.8, 4) is 0 Å². The Morgan fingerprint density at radius 1 is 1.25 bits per heavy atom. The van der Waals surface area contributed by atoms with Crippen LogP contribution in [0.3, 0.4) is 0 Å². The lowest BCUT2D eigenvalue weighted by molar-refractivity contribution is 1.19. The summed E-state index contributed by atoms with van der Waals surface area (Å²) < 4.78 is 0.854. The molecule has 1 aromatic carbocycles. The van der Waals surface area contributed by atoms with E-state index in [0.717, 1.165) is 15.5 Å².